The molecule has 0 aromatic carbocycles. The van der Waals surface area contributed by atoms with Crippen molar-refractivity contribution in [1.29, 1.82) is 0 Å². The average molecular weight is 138 g/mol. The van der Waals surface area contributed by atoms with Crippen LogP contribution in [0.5, 0.6) is 0 Å². The molecule has 2 nitrogen and oxygen atoms in total. The molecule has 0 aromatic heterocycles. The molecule has 0 aliphatic carbocycles. The molecule has 0 aromatic rings. The second-order valence-electron chi connectivity index (χ2n) is 1.57. The quantitative estimate of drug-likeness (QED) is 0.394. The fourth-order valence-electron chi connectivity index (χ4n) is 0.200. The van der Waals surface area contributed by atoms with E-state index in [4.69, 9.17) is 0 Å². The van der Waals surface area contributed by atoms with Crippen LogP contribution >= 0.6 is 9.24 Å². The molecule has 0 fully saturated rings. The van der Waals surface area contributed by atoms with Crippen molar-refractivity contribution in [3.63, 3.8) is 0 Å². The van der Waals surface area contributed by atoms with Gasteiger partial charge in [-0.25, -0.2) is 9.18 Å². The Morgan fingerprint density at radius 3 is 2.25 bits per heavy atom. The molecule has 0 aliphatic heterocycles. The molecule has 2 unspecified atom stereocenters. The molecule has 0 bridgehead atoms. The fraction of sp³-hybridized carbons (Fsp3) is 0.750. The SMILES string of the molecule is COC(=O)C(C)(F)P. The van der Waals surface area contributed by atoms with Crippen LogP contribution in [0.25, 0.3) is 0 Å². The minimum absolute atomic E-state index is 0.873. The summed E-state index contributed by atoms with van der Waals surface area (Å²) < 4.78 is 16.4. The Kier molecular flexibility index (Phi) is 2.35. The van der Waals surface area contributed by atoms with E-state index in [1.54, 1.807) is 9.24 Å². The summed E-state index contributed by atoms with van der Waals surface area (Å²) in [5, 5.41) is -1.94. The molecule has 0 heterocycles. The van der Waals surface area contributed by atoms with Crippen molar-refractivity contribution >= 4 is 15.2 Å². The summed E-state index contributed by atoms with van der Waals surface area (Å²) in [4.78, 5) is 10.2. The number of carbonyl (C=O) groups excluding carboxylic acids is 1. The van der Waals surface area contributed by atoms with Gasteiger partial charge in [0.1, 0.15) is 0 Å². The van der Waals surface area contributed by atoms with E-state index in [0.29, 0.717) is 0 Å². The second-order valence-corrected chi connectivity index (χ2v) is 2.65. The summed E-state index contributed by atoms with van der Waals surface area (Å²) in [6, 6.07) is 0. The van der Waals surface area contributed by atoms with E-state index in [1.165, 1.54) is 0 Å². The third-order valence-electron chi connectivity index (χ3n) is 0.585. The summed E-state index contributed by atoms with van der Waals surface area (Å²) in [6.07, 6.45) is 0. The van der Waals surface area contributed by atoms with E-state index < -0.39 is 11.4 Å². The van der Waals surface area contributed by atoms with E-state index in [2.05, 4.69) is 4.74 Å². The number of halogens is 1. The molecule has 4 heteroatoms. The van der Waals surface area contributed by atoms with Crippen molar-refractivity contribution in [3.05, 3.63) is 0 Å². The Balaban J connectivity index is 3.82. The van der Waals surface area contributed by atoms with E-state index in [1.807, 2.05) is 0 Å². The number of methoxy groups -OCH3 is 1. The molecule has 0 rings (SSSR count). The molecule has 0 saturated carbocycles. The predicted octanol–water partition coefficient (Wildman–Crippen LogP) is 0.720. The monoisotopic (exact) mass is 138 g/mol. The molecule has 0 amide bonds. The van der Waals surface area contributed by atoms with E-state index in [9.17, 15) is 9.18 Å². The van der Waals surface area contributed by atoms with Crippen molar-refractivity contribution in [2.75, 3.05) is 7.11 Å². The molecule has 0 saturated heterocycles. The highest BCUT2D eigenvalue weighted by Gasteiger charge is 2.27. The molecule has 8 heavy (non-hydrogen) atoms. The maximum Gasteiger partial charge on any atom is 0.347 e. The van der Waals surface area contributed by atoms with Crippen LogP contribution in [-0.4, -0.2) is 18.5 Å². The first-order chi connectivity index (χ1) is 3.48. The van der Waals surface area contributed by atoms with Crippen molar-refractivity contribution in [1.82, 2.24) is 0 Å². The Morgan fingerprint density at radius 1 is 1.88 bits per heavy atom. The normalized spacial score (nSPS) is 17.0. The van der Waals surface area contributed by atoms with Gasteiger partial charge in [0.05, 0.1) is 7.11 Å². The Bertz CT molecular complexity index is 96.7. The largest absolute Gasteiger partial charge is 0.466 e. The highest BCUT2D eigenvalue weighted by atomic mass is 31.0. The molecule has 2 atom stereocenters. The first kappa shape index (κ1) is 7.83. The van der Waals surface area contributed by atoms with Gasteiger partial charge in [-0.3, -0.25) is 0 Å². The Morgan fingerprint density at radius 2 is 2.25 bits per heavy atom. The van der Waals surface area contributed by atoms with Crippen LogP contribution < -0.4 is 0 Å². The van der Waals surface area contributed by atoms with Crippen molar-refractivity contribution < 1.29 is 13.9 Å². The fourth-order valence-corrected chi connectivity index (χ4v) is 0.317. The smallest absolute Gasteiger partial charge is 0.347 e. The van der Waals surface area contributed by atoms with Gasteiger partial charge >= 0.3 is 5.97 Å². The van der Waals surface area contributed by atoms with Crippen LogP contribution in [0.3, 0.4) is 0 Å². The zero-order valence-corrected chi connectivity index (χ0v) is 5.93. The van der Waals surface area contributed by atoms with E-state index >= 15 is 0 Å². The standard InChI is InChI=1S/C4H8FO2P/c1-4(5,8)3(6)7-2/h8H2,1-2H3. The molecule has 0 N–H and O–H groups in total. The van der Waals surface area contributed by atoms with Gasteiger partial charge < -0.3 is 4.74 Å². The topological polar surface area (TPSA) is 26.3 Å². The molecule has 48 valence electrons. The third kappa shape index (κ3) is 2.22. The lowest BCUT2D eigenvalue weighted by molar-refractivity contribution is -0.147. The van der Waals surface area contributed by atoms with Crippen molar-refractivity contribution in [3.8, 4) is 0 Å². The first-order valence-electron chi connectivity index (χ1n) is 2.04. The number of hydrogen-bond acceptors (Lipinski definition) is 2. The Hall–Kier alpha value is -0.170. The first-order valence-corrected chi connectivity index (χ1v) is 2.62. The molecular weight excluding hydrogens is 130 g/mol. The van der Waals surface area contributed by atoms with Gasteiger partial charge in [-0.05, 0) is 6.92 Å². The number of hydrogen-bond donors (Lipinski definition) is 0. The zero-order valence-electron chi connectivity index (χ0n) is 4.77. The highest BCUT2D eigenvalue weighted by Crippen LogP contribution is 2.19. The van der Waals surface area contributed by atoms with Crippen molar-refractivity contribution in [2.45, 2.75) is 12.3 Å². The van der Waals surface area contributed by atoms with Crippen LogP contribution in [0.1, 0.15) is 6.92 Å². The zero-order chi connectivity index (χ0) is 6.78. The lowest BCUT2D eigenvalue weighted by atomic mass is 10.4. The maximum atomic E-state index is 12.3. The number of carbonyl (C=O) groups is 1. The highest BCUT2D eigenvalue weighted by molar-refractivity contribution is 7.20. The molecular formula is C4H8FO2P. The minimum atomic E-state index is -1.94. The number of ether oxygens (including phenoxy) is 1. The van der Waals surface area contributed by atoms with Gasteiger partial charge in [0, 0.05) is 0 Å². The summed E-state index contributed by atoms with van der Waals surface area (Å²) in [5.74, 6) is -0.873. The van der Waals surface area contributed by atoms with E-state index in [0.717, 1.165) is 14.0 Å². The lowest BCUT2D eigenvalue weighted by Crippen LogP contribution is -2.23. The van der Waals surface area contributed by atoms with Gasteiger partial charge in [0.25, 0.3) is 0 Å². The molecule has 0 spiro atoms. The van der Waals surface area contributed by atoms with Crippen molar-refractivity contribution in [2.24, 2.45) is 0 Å². The van der Waals surface area contributed by atoms with Crippen LogP contribution in [0.4, 0.5) is 4.39 Å². The molecule has 0 radical (unpaired) electrons. The summed E-state index contributed by atoms with van der Waals surface area (Å²) in [5.41, 5.74) is 0. The number of rotatable bonds is 1. The predicted molar refractivity (Wildman–Crippen MR) is 31.2 cm³/mol. The van der Waals surface area contributed by atoms with Crippen LogP contribution in [0.2, 0.25) is 0 Å². The van der Waals surface area contributed by atoms with E-state index in [-0.39, 0.29) is 0 Å². The summed E-state index contributed by atoms with van der Waals surface area (Å²) in [6.45, 7) is 1.11. The summed E-state index contributed by atoms with van der Waals surface area (Å²) >= 11 is 0. The van der Waals surface area contributed by atoms with Crippen LogP contribution in [0, 0.1) is 0 Å². The van der Waals surface area contributed by atoms with Crippen LogP contribution in [0.15, 0.2) is 0 Å². The van der Waals surface area contributed by atoms with Gasteiger partial charge in [-0.15, -0.1) is 0 Å². The Labute approximate surface area is 49.6 Å². The number of esters is 1. The maximum absolute atomic E-state index is 12.3. The summed E-state index contributed by atoms with van der Waals surface area (Å²) in [7, 11) is 2.88. The third-order valence-corrected chi connectivity index (χ3v) is 0.820. The lowest BCUT2D eigenvalue weighted by Gasteiger charge is -2.08. The second kappa shape index (κ2) is 2.40. The van der Waals surface area contributed by atoms with Gasteiger partial charge in [-0.1, -0.05) is 9.24 Å². The van der Waals surface area contributed by atoms with Gasteiger partial charge in [0.15, 0.2) is 0 Å². The van der Waals surface area contributed by atoms with Crippen LogP contribution in [-0.2, 0) is 9.53 Å². The number of alkyl halides is 1. The van der Waals surface area contributed by atoms with Gasteiger partial charge in [-0.2, -0.15) is 0 Å². The average Bonchev–Trinajstić information content (AvgIpc) is 1.62. The minimum Gasteiger partial charge on any atom is -0.466 e. The van der Waals surface area contributed by atoms with Gasteiger partial charge in [0.2, 0.25) is 5.41 Å². The molecule has 0 aliphatic rings.